The molecule has 0 spiro atoms. The summed E-state index contributed by atoms with van der Waals surface area (Å²) in [5, 5.41) is 3.45. The number of halogens is 1. The van der Waals surface area contributed by atoms with Crippen molar-refractivity contribution in [1.29, 1.82) is 0 Å². The highest BCUT2D eigenvalue weighted by Gasteiger charge is 2.24. The number of nitrogens with one attached hydrogen (secondary N) is 1. The van der Waals surface area contributed by atoms with E-state index in [2.05, 4.69) is 34.2 Å². The van der Waals surface area contributed by atoms with Crippen LogP contribution in [0.5, 0.6) is 5.75 Å². The third-order valence-corrected chi connectivity index (χ3v) is 4.54. The van der Waals surface area contributed by atoms with Crippen LogP contribution >= 0.6 is 24.0 Å². The summed E-state index contributed by atoms with van der Waals surface area (Å²) in [4.78, 5) is 9.61. The fourth-order valence-corrected chi connectivity index (χ4v) is 2.99. The van der Waals surface area contributed by atoms with Crippen LogP contribution < -0.4 is 15.0 Å². The summed E-state index contributed by atoms with van der Waals surface area (Å²) in [5.74, 6) is 2.87. The van der Waals surface area contributed by atoms with Gasteiger partial charge in [0.25, 0.3) is 0 Å². The highest BCUT2D eigenvalue weighted by atomic mass is 127. The molecule has 1 aliphatic heterocycles. The Balaban J connectivity index is 0.00000208. The summed E-state index contributed by atoms with van der Waals surface area (Å²) in [6.07, 6.45) is 2.70. The van der Waals surface area contributed by atoms with Gasteiger partial charge in [-0.3, -0.25) is 4.99 Å². The van der Waals surface area contributed by atoms with E-state index in [1.165, 1.54) is 18.5 Å². The maximum Gasteiger partial charge on any atom is 0.194 e. The molecule has 6 heteroatoms. The highest BCUT2D eigenvalue weighted by molar-refractivity contribution is 14.0. The molecule has 1 saturated heterocycles. The minimum atomic E-state index is 0. The van der Waals surface area contributed by atoms with Crippen molar-refractivity contribution in [2.45, 2.75) is 19.8 Å². The van der Waals surface area contributed by atoms with E-state index < -0.39 is 0 Å². The number of piperazine rings is 1. The van der Waals surface area contributed by atoms with Crippen LogP contribution in [0, 0.1) is 5.92 Å². The van der Waals surface area contributed by atoms with E-state index in [0.29, 0.717) is 0 Å². The SMILES string of the molecule is CCNC(=NCC1CC1)N1CCN(c2ccccc2OC)CC1.I. The van der Waals surface area contributed by atoms with Crippen LogP contribution in [-0.2, 0) is 0 Å². The highest BCUT2D eigenvalue weighted by Crippen LogP contribution is 2.29. The van der Waals surface area contributed by atoms with Crippen molar-refractivity contribution < 1.29 is 4.74 Å². The number of anilines is 1. The molecule has 5 nitrogen and oxygen atoms in total. The van der Waals surface area contributed by atoms with Crippen molar-refractivity contribution in [3.05, 3.63) is 24.3 Å². The second kappa shape index (κ2) is 9.34. The number of ether oxygens (including phenoxy) is 1. The molecule has 0 aromatic heterocycles. The molecule has 0 bridgehead atoms. The number of rotatable bonds is 5. The zero-order chi connectivity index (χ0) is 16.1. The Kier molecular flexibility index (Phi) is 7.45. The molecule has 1 aliphatic carbocycles. The Bertz CT molecular complexity index is 540. The molecule has 1 N–H and O–H groups in total. The summed E-state index contributed by atoms with van der Waals surface area (Å²) in [6.45, 7) is 8.02. The first-order chi connectivity index (χ1) is 11.3. The average molecular weight is 444 g/mol. The van der Waals surface area contributed by atoms with E-state index in [-0.39, 0.29) is 24.0 Å². The third kappa shape index (κ3) is 4.91. The molecule has 24 heavy (non-hydrogen) atoms. The molecular formula is C18H29IN4O. The first-order valence-electron chi connectivity index (χ1n) is 8.73. The number of hydrogen-bond acceptors (Lipinski definition) is 3. The number of nitrogens with zero attached hydrogens (tertiary/aromatic N) is 3. The van der Waals surface area contributed by atoms with Gasteiger partial charge in [-0.2, -0.15) is 0 Å². The fraction of sp³-hybridized carbons (Fsp3) is 0.611. The van der Waals surface area contributed by atoms with E-state index in [4.69, 9.17) is 9.73 Å². The number of aliphatic imine (C=N–C) groups is 1. The lowest BCUT2D eigenvalue weighted by molar-refractivity contribution is 0.367. The van der Waals surface area contributed by atoms with E-state index in [9.17, 15) is 0 Å². The molecule has 1 aromatic carbocycles. The quantitative estimate of drug-likeness (QED) is 0.431. The van der Waals surface area contributed by atoms with Crippen molar-refractivity contribution in [1.82, 2.24) is 10.2 Å². The zero-order valence-corrected chi connectivity index (χ0v) is 17.0. The molecule has 2 fully saturated rings. The molecule has 3 rings (SSSR count). The lowest BCUT2D eigenvalue weighted by Gasteiger charge is -2.38. The van der Waals surface area contributed by atoms with Gasteiger partial charge in [0.05, 0.1) is 12.8 Å². The average Bonchev–Trinajstić information content (AvgIpc) is 3.43. The fourth-order valence-electron chi connectivity index (χ4n) is 2.99. The van der Waals surface area contributed by atoms with E-state index in [1.807, 2.05) is 12.1 Å². The molecule has 0 radical (unpaired) electrons. The minimum absolute atomic E-state index is 0. The summed E-state index contributed by atoms with van der Waals surface area (Å²) < 4.78 is 5.49. The minimum Gasteiger partial charge on any atom is -0.495 e. The van der Waals surface area contributed by atoms with Crippen LogP contribution in [0.25, 0.3) is 0 Å². The first kappa shape index (κ1) is 19.1. The Morgan fingerprint density at radius 1 is 1.21 bits per heavy atom. The third-order valence-electron chi connectivity index (χ3n) is 4.54. The van der Waals surface area contributed by atoms with Gasteiger partial charge in [0.15, 0.2) is 5.96 Å². The van der Waals surface area contributed by atoms with E-state index in [0.717, 1.165) is 56.9 Å². The van der Waals surface area contributed by atoms with Gasteiger partial charge in [-0.1, -0.05) is 12.1 Å². The molecule has 0 atom stereocenters. The van der Waals surface area contributed by atoms with Crippen molar-refractivity contribution in [3.8, 4) is 5.75 Å². The smallest absolute Gasteiger partial charge is 0.194 e. The van der Waals surface area contributed by atoms with Crippen LogP contribution in [0.15, 0.2) is 29.3 Å². The second-order valence-electron chi connectivity index (χ2n) is 6.28. The van der Waals surface area contributed by atoms with Crippen molar-refractivity contribution in [2.75, 3.05) is 51.3 Å². The van der Waals surface area contributed by atoms with Gasteiger partial charge in [0.1, 0.15) is 5.75 Å². The van der Waals surface area contributed by atoms with Gasteiger partial charge < -0.3 is 19.9 Å². The van der Waals surface area contributed by atoms with Crippen LogP contribution in [0.1, 0.15) is 19.8 Å². The van der Waals surface area contributed by atoms with Crippen molar-refractivity contribution in [2.24, 2.45) is 10.9 Å². The molecule has 2 aliphatic rings. The van der Waals surface area contributed by atoms with Crippen LogP contribution in [0.2, 0.25) is 0 Å². The van der Waals surface area contributed by atoms with Crippen LogP contribution in [0.3, 0.4) is 0 Å². The normalized spacial score (nSPS) is 18.2. The topological polar surface area (TPSA) is 40.1 Å². The predicted octanol–water partition coefficient (Wildman–Crippen LogP) is 2.81. The van der Waals surface area contributed by atoms with Gasteiger partial charge in [0.2, 0.25) is 0 Å². The largest absolute Gasteiger partial charge is 0.495 e. The molecule has 0 unspecified atom stereocenters. The molecule has 0 amide bonds. The standard InChI is InChI=1S/C18H28N4O.HI/c1-3-19-18(20-14-15-8-9-15)22-12-10-21(11-13-22)16-6-4-5-7-17(16)23-2;/h4-7,15H,3,8-14H2,1-2H3,(H,19,20);1H. The Morgan fingerprint density at radius 3 is 2.54 bits per heavy atom. The summed E-state index contributed by atoms with van der Waals surface area (Å²) in [6, 6.07) is 8.27. The molecular weight excluding hydrogens is 415 g/mol. The lowest BCUT2D eigenvalue weighted by Crippen LogP contribution is -2.52. The van der Waals surface area contributed by atoms with Crippen LogP contribution in [0.4, 0.5) is 5.69 Å². The number of benzene rings is 1. The van der Waals surface area contributed by atoms with Crippen LogP contribution in [-0.4, -0.2) is 57.2 Å². The first-order valence-corrected chi connectivity index (χ1v) is 8.73. The number of para-hydroxylation sites is 2. The van der Waals surface area contributed by atoms with Crippen molar-refractivity contribution >= 4 is 35.6 Å². The number of methoxy groups -OCH3 is 1. The van der Waals surface area contributed by atoms with E-state index in [1.54, 1.807) is 7.11 Å². The molecule has 1 heterocycles. The Labute approximate surface area is 162 Å². The monoisotopic (exact) mass is 444 g/mol. The second-order valence-corrected chi connectivity index (χ2v) is 6.28. The molecule has 1 aromatic rings. The predicted molar refractivity (Wildman–Crippen MR) is 111 cm³/mol. The lowest BCUT2D eigenvalue weighted by atomic mass is 10.2. The summed E-state index contributed by atoms with van der Waals surface area (Å²) in [7, 11) is 1.74. The van der Waals surface area contributed by atoms with Gasteiger partial charge >= 0.3 is 0 Å². The number of hydrogen-bond donors (Lipinski definition) is 1. The van der Waals surface area contributed by atoms with Gasteiger partial charge in [-0.15, -0.1) is 24.0 Å². The molecule has 134 valence electrons. The maximum absolute atomic E-state index is 5.49. The Hall–Kier alpha value is -1.18. The molecule has 1 saturated carbocycles. The zero-order valence-electron chi connectivity index (χ0n) is 14.7. The summed E-state index contributed by atoms with van der Waals surface area (Å²) >= 11 is 0. The van der Waals surface area contributed by atoms with Gasteiger partial charge in [-0.05, 0) is 37.8 Å². The Morgan fingerprint density at radius 2 is 1.92 bits per heavy atom. The van der Waals surface area contributed by atoms with Gasteiger partial charge in [0, 0.05) is 39.3 Å². The van der Waals surface area contributed by atoms with E-state index >= 15 is 0 Å². The maximum atomic E-state index is 5.49. The number of guanidine groups is 1. The van der Waals surface area contributed by atoms with Crippen molar-refractivity contribution in [3.63, 3.8) is 0 Å². The van der Waals surface area contributed by atoms with Gasteiger partial charge in [-0.25, -0.2) is 0 Å². The summed E-state index contributed by atoms with van der Waals surface area (Å²) in [5.41, 5.74) is 1.19.